The van der Waals surface area contributed by atoms with Crippen molar-refractivity contribution in [2.45, 2.75) is 10.4 Å². The van der Waals surface area contributed by atoms with E-state index in [1.54, 1.807) is 18.2 Å². The number of allylic oxidation sites excluding steroid dienone is 2. The first-order valence-corrected chi connectivity index (χ1v) is 3.86. The molecule has 1 unspecified atom stereocenters. The molecule has 0 saturated carbocycles. The average molecular weight is 198 g/mol. The Labute approximate surface area is 74.4 Å². The van der Waals surface area contributed by atoms with E-state index in [4.69, 9.17) is 40.5 Å². The van der Waals surface area contributed by atoms with Crippen LogP contribution in [0.3, 0.4) is 0 Å². The Bertz CT molecular complexity index is 195. The van der Waals surface area contributed by atoms with Crippen molar-refractivity contribution in [3.8, 4) is 0 Å². The quantitative estimate of drug-likeness (QED) is 0.593. The van der Waals surface area contributed by atoms with Crippen molar-refractivity contribution in [2.24, 2.45) is 5.73 Å². The maximum Gasteiger partial charge on any atom is 0.156 e. The summed E-state index contributed by atoms with van der Waals surface area (Å²) in [7, 11) is 0. The Morgan fingerprint density at radius 1 is 1.50 bits per heavy atom. The Kier molecular flexibility index (Phi) is 2.31. The molecule has 1 aliphatic rings. The smallest absolute Gasteiger partial charge is 0.156 e. The lowest BCUT2D eigenvalue weighted by Crippen LogP contribution is -2.39. The molecule has 0 spiro atoms. The van der Waals surface area contributed by atoms with E-state index in [9.17, 15) is 0 Å². The Morgan fingerprint density at radius 2 is 2.10 bits per heavy atom. The van der Waals surface area contributed by atoms with Crippen LogP contribution in [0, 0.1) is 0 Å². The topological polar surface area (TPSA) is 26.0 Å². The molecule has 0 heterocycles. The summed E-state index contributed by atoms with van der Waals surface area (Å²) < 4.78 is -1.05. The van der Waals surface area contributed by atoms with Gasteiger partial charge in [-0.05, 0) is 12.2 Å². The summed E-state index contributed by atoms with van der Waals surface area (Å²) in [6.07, 6.45) is 4.97. The van der Waals surface area contributed by atoms with Gasteiger partial charge < -0.3 is 5.73 Å². The highest BCUT2D eigenvalue weighted by atomic mass is 35.5. The Balaban J connectivity index is 2.89. The van der Waals surface area contributed by atoms with Crippen molar-refractivity contribution < 1.29 is 0 Å². The summed E-state index contributed by atoms with van der Waals surface area (Å²) in [5.41, 5.74) is 5.54. The minimum atomic E-state index is -1.05. The molecule has 1 aliphatic carbocycles. The van der Waals surface area contributed by atoms with Crippen molar-refractivity contribution in [3.63, 3.8) is 0 Å². The summed E-state index contributed by atoms with van der Waals surface area (Å²) in [5, 5.41) is 0.479. The summed E-state index contributed by atoms with van der Waals surface area (Å²) >= 11 is 17.2. The molecule has 0 radical (unpaired) electrons. The van der Waals surface area contributed by atoms with Gasteiger partial charge in [-0.2, -0.15) is 0 Å². The fourth-order valence-electron chi connectivity index (χ4n) is 0.660. The van der Waals surface area contributed by atoms with Crippen molar-refractivity contribution in [1.29, 1.82) is 0 Å². The zero-order valence-electron chi connectivity index (χ0n) is 5.02. The predicted molar refractivity (Wildman–Crippen MR) is 45.5 cm³/mol. The van der Waals surface area contributed by atoms with Gasteiger partial charge in [0.2, 0.25) is 0 Å². The van der Waals surface area contributed by atoms with Crippen LogP contribution in [0.5, 0.6) is 0 Å². The van der Waals surface area contributed by atoms with Crippen LogP contribution in [0.15, 0.2) is 23.3 Å². The molecular weight excluding hydrogens is 192 g/mol. The number of hydrogen-bond acceptors (Lipinski definition) is 1. The summed E-state index contributed by atoms with van der Waals surface area (Å²) in [4.78, 5) is 0. The molecule has 0 bridgehead atoms. The van der Waals surface area contributed by atoms with E-state index in [0.29, 0.717) is 5.03 Å². The molecule has 4 heteroatoms. The van der Waals surface area contributed by atoms with Crippen LogP contribution in [0.1, 0.15) is 0 Å². The van der Waals surface area contributed by atoms with Gasteiger partial charge in [-0.3, -0.25) is 0 Å². The summed E-state index contributed by atoms with van der Waals surface area (Å²) in [5.74, 6) is 0. The van der Waals surface area contributed by atoms with Gasteiger partial charge in [0.05, 0.1) is 6.04 Å². The average Bonchev–Trinajstić information content (AvgIpc) is 1.83. The molecule has 1 rings (SSSR count). The van der Waals surface area contributed by atoms with E-state index >= 15 is 0 Å². The van der Waals surface area contributed by atoms with Crippen LogP contribution >= 0.6 is 34.8 Å². The highest BCUT2D eigenvalue weighted by molar-refractivity contribution is 6.51. The number of alkyl halides is 2. The first kappa shape index (κ1) is 8.41. The third-order valence-corrected chi connectivity index (χ3v) is 2.37. The molecule has 0 aromatic rings. The minimum absolute atomic E-state index is 0.479. The highest BCUT2D eigenvalue weighted by Gasteiger charge is 2.32. The van der Waals surface area contributed by atoms with Crippen LogP contribution in [-0.2, 0) is 0 Å². The monoisotopic (exact) mass is 197 g/mol. The molecule has 10 heavy (non-hydrogen) atoms. The molecule has 0 aromatic heterocycles. The lowest BCUT2D eigenvalue weighted by molar-refractivity contribution is 0.766. The van der Waals surface area contributed by atoms with Crippen LogP contribution in [0.2, 0.25) is 0 Å². The van der Waals surface area contributed by atoms with Gasteiger partial charge in [0.15, 0.2) is 4.33 Å². The lowest BCUT2D eigenvalue weighted by atomic mass is 10.1. The van der Waals surface area contributed by atoms with Gasteiger partial charge in [0.1, 0.15) is 0 Å². The number of rotatable bonds is 0. The molecule has 0 aliphatic heterocycles. The molecule has 56 valence electrons. The van der Waals surface area contributed by atoms with Gasteiger partial charge in [-0.25, -0.2) is 0 Å². The second kappa shape index (κ2) is 2.74. The van der Waals surface area contributed by atoms with Gasteiger partial charge >= 0.3 is 0 Å². The van der Waals surface area contributed by atoms with Gasteiger partial charge in [0, 0.05) is 5.03 Å². The molecule has 0 saturated heterocycles. The molecular formula is C6H6Cl3N. The lowest BCUT2D eigenvalue weighted by Gasteiger charge is -2.25. The zero-order valence-corrected chi connectivity index (χ0v) is 7.29. The summed E-state index contributed by atoms with van der Waals surface area (Å²) in [6, 6.07) is -0.512. The van der Waals surface area contributed by atoms with Crippen molar-refractivity contribution in [3.05, 3.63) is 23.3 Å². The molecule has 0 amide bonds. The van der Waals surface area contributed by atoms with Crippen molar-refractivity contribution in [2.75, 3.05) is 0 Å². The van der Waals surface area contributed by atoms with Crippen molar-refractivity contribution in [1.82, 2.24) is 0 Å². The van der Waals surface area contributed by atoms with Gasteiger partial charge in [-0.1, -0.05) is 40.9 Å². The fourth-order valence-corrected chi connectivity index (χ4v) is 1.40. The largest absolute Gasteiger partial charge is 0.320 e. The van der Waals surface area contributed by atoms with Crippen LogP contribution in [0.25, 0.3) is 0 Å². The highest BCUT2D eigenvalue weighted by Crippen LogP contribution is 2.33. The van der Waals surface area contributed by atoms with E-state index in [1.165, 1.54) is 0 Å². The maximum atomic E-state index is 5.75. The van der Waals surface area contributed by atoms with Crippen molar-refractivity contribution >= 4 is 34.8 Å². The summed E-state index contributed by atoms with van der Waals surface area (Å²) in [6.45, 7) is 0. The van der Waals surface area contributed by atoms with Crippen LogP contribution < -0.4 is 5.73 Å². The van der Waals surface area contributed by atoms with E-state index < -0.39 is 10.4 Å². The molecule has 2 N–H and O–H groups in total. The normalized spacial score (nSPS) is 30.0. The fraction of sp³-hybridized carbons (Fsp3) is 0.333. The molecule has 0 fully saturated rings. The Hall–Kier alpha value is 0.310. The third kappa shape index (κ3) is 1.48. The molecule has 1 nitrogen and oxygen atoms in total. The van der Waals surface area contributed by atoms with Crippen LogP contribution in [0.4, 0.5) is 0 Å². The second-order valence-electron chi connectivity index (χ2n) is 2.06. The number of hydrogen-bond donors (Lipinski definition) is 1. The standard InChI is InChI=1S/C6H6Cl3N/c7-4-2-1-3-6(8,9)5(4)10/h1-3,5H,10H2. The first-order chi connectivity index (χ1) is 4.54. The van der Waals surface area contributed by atoms with E-state index in [2.05, 4.69) is 0 Å². The third-order valence-electron chi connectivity index (χ3n) is 1.29. The van der Waals surface area contributed by atoms with E-state index in [-0.39, 0.29) is 0 Å². The van der Waals surface area contributed by atoms with Gasteiger partial charge in [0.25, 0.3) is 0 Å². The van der Waals surface area contributed by atoms with E-state index in [1.807, 2.05) is 0 Å². The zero-order chi connectivity index (χ0) is 7.78. The van der Waals surface area contributed by atoms with Gasteiger partial charge in [-0.15, -0.1) is 0 Å². The maximum absolute atomic E-state index is 5.75. The minimum Gasteiger partial charge on any atom is -0.320 e. The number of halogens is 3. The SMILES string of the molecule is NC1C(Cl)=CC=CC1(Cl)Cl. The number of nitrogens with two attached hydrogens (primary N) is 1. The van der Waals surface area contributed by atoms with Crippen LogP contribution in [-0.4, -0.2) is 10.4 Å². The second-order valence-corrected chi connectivity index (χ2v) is 3.94. The predicted octanol–water partition coefficient (Wildman–Crippen LogP) is 2.18. The first-order valence-electron chi connectivity index (χ1n) is 2.72. The molecule has 1 atom stereocenters. The Morgan fingerprint density at radius 3 is 2.50 bits per heavy atom. The van der Waals surface area contributed by atoms with E-state index in [0.717, 1.165) is 0 Å². The molecule has 0 aromatic carbocycles.